The summed E-state index contributed by atoms with van der Waals surface area (Å²) >= 11 is 0. The van der Waals surface area contributed by atoms with Gasteiger partial charge in [0.15, 0.2) is 0 Å². The second-order valence-electron chi connectivity index (χ2n) is 4.81. The molecule has 1 aliphatic carbocycles. The predicted octanol–water partition coefficient (Wildman–Crippen LogP) is 4.48. The van der Waals surface area contributed by atoms with Crippen molar-refractivity contribution >= 4 is 0 Å². The van der Waals surface area contributed by atoms with Gasteiger partial charge in [0.05, 0.1) is 6.10 Å². The maximum Gasteiger partial charge on any atom is 0.127 e. The van der Waals surface area contributed by atoms with Crippen molar-refractivity contribution in [2.75, 3.05) is 0 Å². The first-order valence-corrected chi connectivity index (χ1v) is 6.66. The molecule has 0 aliphatic heterocycles. The molecule has 1 saturated carbocycles. The van der Waals surface area contributed by atoms with E-state index < -0.39 is 0 Å². The number of hydrogen-bond donors (Lipinski definition) is 0. The summed E-state index contributed by atoms with van der Waals surface area (Å²) in [7, 11) is 0. The molecule has 1 heteroatoms. The molecule has 0 aromatic heterocycles. The summed E-state index contributed by atoms with van der Waals surface area (Å²) in [5.74, 6) is 1.01. The lowest BCUT2D eigenvalue weighted by atomic mass is 10.0. The van der Waals surface area contributed by atoms with Gasteiger partial charge < -0.3 is 4.74 Å². The van der Waals surface area contributed by atoms with Gasteiger partial charge in [0.2, 0.25) is 0 Å². The van der Waals surface area contributed by atoms with Crippen molar-refractivity contribution in [2.24, 2.45) is 0 Å². The highest BCUT2D eigenvalue weighted by atomic mass is 16.5. The normalized spacial score (nSPS) is 15.8. The van der Waals surface area contributed by atoms with E-state index in [1.165, 1.54) is 36.8 Å². The van der Waals surface area contributed by atoms with E-state index in [0.29, 0.717) is 6.10 Å². The third-order valence-electron chi connectivity index (χ3n) is 3.51. The van der Waals surface area contributed by atoms with Gasteiger partial charge in [-0.15, -0.1) is 0 Å². The molecule has 0 bridgehead atoms. The molecule has 0 spiro atoms. The van der Waals surface area contributed by atoms with Crippen molar-refractivity contribution in [3.05, 3.63) is 54.6 Å². The zero-order valence-corrected chi connectivity index (χ0v) is 10.4. The molecule has 0 amide bonds. The second-order valence-corrected chi connectivity index (χ2v) is 4.81. The minimum Gasteiger partial charge on any atom is -0.490 e. The van der Waals surface area contributed by atoms with Crippen LogP contribution >= 0.6 is 0 Å². The Morgan fingerprint density at radius 3 is 2.44 bits per heavy atom. The molecule has 2 aromatic rings. The van der Waals surface area contributed by atoms with Crippen LogP contribution in [0.15, 0.2) is 48.5 Å². The van der Waals surface area contributed by atoms with Gasteiger partial charge in [-0.25, -0.2) is 0 Å². The SMILES string of the molecule is [c]1ccc(-c2ccccc2OC2CCCC2)cc1. The van der Waals surface area contributed by atoms with E-state index in [-0.39, 0.29) is 0 Å². The molecule has 1 radical (unpaired) electrons. The maximum absolute atomic E-state index is 6.15. The first-order chi connectivity index (χ1) is 8.93. The molecule has 91 valence electrons. The lowest BCUT2D eigenvalue weighted by Gasteiger charge is -2.16. The number of hydrogen-bond acceptors (Lipinski definition) is 1. The standard InChI is InChI=1S/C17H17O/c1-2-8-14(9-3-1)16-12-6-7-13-17(16)18-15-10-4-5-11-15/h2-3,6-9,12-13,15H,4-5,10-11H2. The van der Waals surface area contributed by atoms with Gasteiger partial charge in [-0.1, -0.05) is 42.5 Å². The maximum atomic E-state index is 6.15. The zero-order valence-electron chi connectivity index (χ0n) is 10.4. The van der Waals surface area contributed by atoms with Crippen LogP contribution in [0.4, 0.5) is 0 Å². The van der Waals surface area contributed by atoms with E-state index >= 15 is 0 Å². The van der Waals surface area contributed by atoms with Gasteiger partial charge in [0.1, 0.15) is 5.75 Å². The fourth-order valence-corrected chi connectivity index (χ4v) is 2.56. The van der Waals surface area contributed by atoms with Crippen LogP contribution in [0.5, 0.6) is 5.75 Å². The molecule has 0 heterocycles. The molecule has 1 nitrogen and oxygen atoms in total. The molecule has 1 fully saturated rings. The average molecular weight is 237 g/mol. The van der Waals surface area contributed by atoms with E-state index in [1.54, 1.807) is 0 Å². The minimum absolute atomic E-state index is 0.404. The lowest BCUT2D eigenvalue weighted by molar-refractivity contribution is 0.211. The topological polar surface area (TPSA) is 9.23 Å². The van der Waals surface area contributed by atoms with Crippen molar-refractivity contribution in [1.29, 1.82) is 0 Å². The van der Waals surface area contributed by atoms with Crippen molar-refractivity contribution in [3.8, 4) is 16.9 Å². The Hall–Kier alpha value is -1.76. The van der Waals surface area contributed by atoms with Crippen LogP contribution < -0.4 is 4.74 Å². The molecule has 1 aliphatic rings. The van der Waals surface area contributed by atoms with Crippen molar-refractivity contribution in [1.82, 2.24) is 0 Å². The van der Waals surface area contributed by atoms with E-state index in [9.17, 15) is 0 Å². The van der Waals surface area contributed by atoms with E-state index in [0.717, 1.165) is 5.75 Å². The van der Waals surface area contributed by atoms with Crippen LogP contribution in [0.2, 0.25) is 0 Å². The monoisotopic (exact) mass is 237 g/mol. The van der Waals surface area contributed by atoms with Crippen LogP contribution in [0.25, 0.3) is 11.1 Å². The Balaban J connectivity index is 1.90. The Labute approximate surface area is 108 Å². The van der Waals surface area contributed by atoms with Crippen molar-refractivity contribution in [3.63, 3.8) is 0 Å². The summed E-state index contributed by atoms with van der Waals surface area (Å²) in [6.45, 7) is 0. The number of ether oxygens (including phenoxy) is 1. The molecular formula is C17H17O. The van der Waals surface area contributed by atoms with Crippen molar-refractivity contribution in [2.45, 2.75) is 31.8 Å². The predicted molar refractivity (Wildman–Crippen MR) is 73.6 cm³/mol. The quantitative estimate of drug-likeness (QED) is 0.765. The third kappa shape index (κ3) is 2.40. The molecule has 0 N–H and O–H groups in total. The lowest BCUT2D eigenvalue weighted by Crippen LogP contribution is -2.11. The summed E-state index contributed by atoms with van der Waals surface area (Å²) in [4.78, 5) is 0. The van der Waals surface area contributed by atoms with Gasteiger partial charge >= 0.3 is 0 Å². The van der Waals surface area contributed by atoms with Crippen LogP contribution in [-0.4, -0.2) is 6.10 Å². The summed E-state index contributed by atoms with van der Waals surface area (Å²) < 4.78 is 6.15. The molecule has 0 unspecified atom stereocenters. The molecule has 0 atom stereocenters. The van der Waals surface area contributed by atoms with Gasteiger partial charge in [-0.05, 0) is 43.4 Å². The van der Waals surface area contributed by atoms with Crippen LogP contribution in [-0.2, 0) is 0 Å². The average Bonchev–Trinajstić information content (AvgIpc) is 2.93. The van der Waals surface area contributed by atoms with Crippen LogP contribution in [0.1, 0.15) is 25.7 Å². The Bertz CT molecular complexity index is 498. The largest absolute Gasteiger partial charge is 0.490 e. The summed E-state index contributed by atoms with van der Waals surface area (Å²) in [6.07, 6.45) is 5.38. The van der Waals surface area contributed by atoms with E-state index in [2.05, 4.69) is 36.4 Å². The zero-order chi connectivity index (χ0) is 12.2. The number of benzene rings is 2. The Morgan fingerprint density at radius 1 is 0.944 bits per heavy atom. The smallest absolute Gasteiger partial charge is 0.127 e. The van der Waals surface area contributed by atoms with Crippen molar-refractivity contribution < 1.29 is 4.74 Å². The molecule has 0 saturated heterocycles. The van der Waals surface area contributed by atoms with Gasteiger partial charge in [-0.3, -0.25) is 0 Å². The minimum atomic E-state index is 0.404. The fourth-order valence-electron chi connectivity index (χ4n) is 2.56. The Kier molecular flexibility index (Phi) is 3.31. The molecular weight excluding hydrogens is 220 g/mol. The van der Waals surface area contributed by atoms with E-state index in [1.807, 2.05) is 18.2 Å². The highest BCUT2D eigenvalue weighted by Gasteiger charge is 2.17. The summed E-state index contributed by atoms with van der Waals surface area (Å²) in [5, 5.41) is 0. The fraction of sp³-hybridized carbons (Fsp3) is 0.294. The number of para-hydroxylation sites is 1. The Morgan fingerprint density at radius 2 is 1.67 bits per heavy atom. The third-order valence-corrected chi connectivity index (χ3v) is 3.51. The van der Waals surface area contributed by atoms with Crippen LogP contribution in [0, 0.1) is 6.07 Å². The van der Waals surface area contributed by atoms with E-state index in [4.69, 9.17) is 4.74 Å². The number of rotatable bonds is 3. The van der Waals surface area contributed by atoms with Gasteiger partial charge in [0, 0.05) is 5.56 Å². The first-order valence-electron chi connectivity index (χ1n) is 6.66. The van der Waals surface area contributed by atoms with Crippen LogP contribution in [0.3, 0.4) is 0 Å². The second kappa shape index (κ2) is 5.26. The first kappa shape index (κ1) is 11.3. The summed E-state index contributed by atoms with van der Waals surface area (Å²) in [6, 6.07) is 19.4. The molecule has 18 heavy (non-hydrogen) atoms. The highest BCUT2D eigenvalue weighted by Crippen LogP contribution is 2.32. The van der Waals surface area contributed by atoms with Gasteiger partial charge in [0.25, 0.3) is 0 Å². The molecule has 3 rings (SSSR count). The molecule has 2 aromatic carbocycles. The summed E-state index contributed by atoms with van der Waals surface area (Å²) in [5.41, 5.74) is 2.38. The van der Waals surface area contributed by atoms with Gasteiger partial charge in [-0.2, -0.15) is 0 Å². The highest BCUT2D eigenvalue weighted by molar-refractivity contribution is 5.70.